The number of pyridine rings is 1. The predicted molar refractivity (Wildman–Crippen MR) is 231 cm³/mol. The summed E-state index contributed by atoms with van der Waals surface area (Å²) >= 11 is 0. The second-order valence-corrected chi connectivity index (χ2v) is 16.1. The van der Waals surface area contributed by atoms with E-state index in [1.54, 1.807) is 48.5 Å². The lowest BCUT2D eigenvalue weighted by molar-refractivity contribution is -0.0558. The Morgan fingerprint density at radius 1 is 0.569 bits per heavy atom. The summed E-state index contributed by atoms with van der Waals surface area (Å²) in [4.78, 5) is 60.4. The molecule has 0 radical (unpaired) electrons. The van der Waals surface area contributed by atoms with Gasteiger partial charge in [-0.1, -0.05) is 44.2 Å². The lowest BCUT2D eigenvalue weighted by Crippen LogP contribution is -2.29. The predicted octanol–water partition coefficient (Wildman–Crippen LogP) is 5.91. The van der Waals surface area contributed by atoms with Gasteiger partial charge in [0.15, 0.2) is 0 Å². The van der Waals surface area contributed by atoms with Gasteiger partial charge in [0, 0.05) is 23.2 Å². The Bertz CT molecular complexity index is 2220. The van der Waals surface area contributed by atoms with E-state index in [1.165, 1.54) is 23.7 Å². The Morgan fingerprint density at radius 3 is 1.40 bits per heavy atom. The smallest absolute Gasteiger partial charge is 0.341 e. The molecule has 18 nitrogen and oxygen atoms in total. The summed E-state index contributed by atoms with van der Waals surface area (Å²) in [6.07, 6.45) is -2.96. The number of hydrogen-bond acceptors (Lipinski definition) is 16. The Labute approximate surface area is 376 Å². The zero-order chi connectivity index (χ0) is 48.0. The van der Waals surface area contributed by atoms with Crippen LogP contribution in [0.3, 0.4) is 0 Å². The molecule has 6 N–H and O–H groups in total. The third kappa shape index (κ3) is 15.2. The number of benzene rings is 3. The van der Waals surface area contributed by atoms with Gasteiger partial charge < -0.3 is 49.1 Å². The molecule has 0 saturated carbocycles. The number of esters is 3. The van der Waals surface area contributed by atoms with Gasteiger partial charge in [-0.25, -0.2) is 24.8 Å². The molecular formula is C47H57N3O15. The lowest BCUT2D eigenvalue weighted by atomic mass is 10.1. The van der Waals surface area contributed by atoms with Crippen LogP contribution in [0.15, 0.2) is 72.8 Å². The topological polar surface area (TPSA) is 259 Å². The highest BCUT2D eigenvalue weighted by Gasteiger charge is 2.31. The van der Waals surface area contributed by atoms with Crippen LogP contribution in [0.2, 0.25) is 0 Å². The summed E-state index contributed by atoms with van der Waals surface area (Å²) in [5, 5.41) is 39.5. The van der Waals surface area contributed by atoms with E-state index >= 15 is 0 Å². The Morgan fingerprint density at radius 2 is 0.969 bits per heavy atom. The highest BCUT2D eigenvalue weighted by Crippen LogP contribution is 2.31. The Hall–Kier alpha value is -6.12. The number of nitrogens with zero attached hydrogens (tertiary/aromatic N) is 1. The van der Waals surface area contributed by atoms with Crippen LogP contribution >= 0.6 is 0 Å². The van der Waals surface area contributed by atoms with Crippen LogP contribution in [-0.4, -0.2) is 80.1 Å². The molecule has 3 unspecified atom stereocenters. The van der Waals surface area contributed by atoms with Crippen LogP contribution in [-0.2, 0) is 48.2 Å². The van der Waals surface area contributed by atoms with Crippen molar-refractivity contribution >= 4 is 29.7 Å². The fraction of sp³-hybridized carbons (Fsp3) is 0.404. The monoisotopic (exact) mass is 903 g/mol. The lowest BCUT2D eigenvalue weighted by Gasteiger charge is -2.08. The van der Waals surface area contributed by atoms with E-state index in [4.69, 9.17) is 19.4 Å². The van der Waals surface area contributed by atoms with Crippen LogP contribution < -0.4 is 10.8 Å². The number of carbonyl (C=O) groups is 5. The normalized spacial score (nSPS) is 16.5. The molecule has 4 heterocycles. The molecule has 0 bridgehead atoms. The van der Waals surface area contributed by atoms with Crippen LogP contribution in [0, 0.1) is 5.92 Å². The summed E-state index contributed by atoms with van der Waals surface area (Å²) in [7, 11) is 0. The van der Waals surface area contributed by atoms with E-state index in [1.807, 2.05) is 61.5 Å². The van der Waals surface area contributed by atoms with E-state index in [9.17, 15) is 39.3 Å². The van der Waals surface area contributed by atoms with Gasteiger partial charge in [0.05, 0.1) is 54.8 Å². The molecule has 3 aliphatic heterocycles. The van der Waals surface area contributed by atoms with Gasteiger partial charge in [0.2, 0.25) is 18.9 Å². The number of ether oxygens (including phenoxy) is 6. The molecular weight excluding hydrogens is 847 g/mol. The van der Waals surface area contributed by atoms with E-state index in [-0.39, 0.29) is 35.6 Å². The quantitative estimate of drug-likeness (QED) is 0.0395. The van der Waals surface area contributed by atoms with Crippen LogP contribution in [0.25, 0.3) is 0 Å². The van der Waals surface area contributed by atoms with Gasteiger partial charge in [0.1, 0.15) is 11.4 Å². The molecule has 2 amide bonds. The molecule has 65 heavy (non-hydrogen) atoms. The summed E-state index contributed by atoms with van der Waals surface area (Å²) < 4.78 is 30.4. The van der Waals surface area contributed by atoms with Crippen molar-refractivity contribution in [3.8, 4) is 0 Å². The van der Waals surface area contributed by atoms with Gasteiger partial charge in [0.25, 0.3) is 11.8 Å². The minimum Gasteiger partial charge on any atom is -0.428 e. The van der Waals surface area contributed by atoms with Gasteiger partial charge in [-0.15, -0.1) is 0 Å². The van der Waals surface area contributed by atoms with Crippen molar-refractivity contribution in [3.63, 3.8) is 0 Å². The number of rotatable bonds is 13. The van der Waals surface area contributed by atoms with Gasteiger partial charge in [-0.05, 0) is 107 Å². The first-order valence-corrected chi connectivity index (χ1v) is 20.9. The first-order chi connectivity index (χ1) is 30.8. The molecule has 3 atom stereocenters. The van der Waals surface area contributed by atoms with Crippen molar-refractivity contribution in [2.75, 3.05) is 6.54 Å². The number of aliphatic hydroxyl groups excluding tert-OH is 3. The number of fused-ring (bicyclic) bond motifs is 3. The molecule has 18 heteroatoms. The van der Waals surface area contributed by atoms with E-state index in [0.29, 0.717) is 65.7 Å². The summed E-state index contributed by atoms with van der Waals surface area (Å²) in [6, 6.07) is 20.1. The molecule has 1 aromatic heterocycles. The highest BCUT2D eigenvalue weighted by molar-refractivity contribution is 5.96. The SMILES string of the molecule is CC(C)CNC(=O)c1cccc(C(=O)NO)n1.CC(C)OCc1ccc2c(c1)C(=O)OC2O.CC(C)OCc1ccc2c(c1)C(O)OC2=O.CC(C)OCc1ccc2c(c1)C(O)OC2=O. The molecule has 0 aliphatic carbocycles. The molecule has 3 aromatic carbocycles. The molecule has 350 valence electrons. The molecule has 0 saturated heterocycles. The number of nitrogens with one attached hydrogen (secondary N) is 2. The second-order valence-electron chi connectivity index (χ2n) is 16.1. The molecule has 0 fully saturated rings. The average Bonchev–Trinajstić information content (AvgIpc) is 3.85. The number of cyclic esters (lactones) is 3. The van der Waals surface area contributed by atoms with E-state index < -0.39 is 42.7 Å². The fourth-order valence-corrected chi connectivity index (χ4v) is 5.88. The van der Waals surface area contributed by atoms with Gasteiger partial charge in [-0.3, -0.25) is 14.8 Å². The number of aliphatic hydroxyl groups is 3. The van der Waals surface area contributed by atoms with E-state index in [2.05, 4.69) is 24.5 Å². The van der Waals surface area contributed by atoms with Crippen molar-refractivity contribution < 1.29 is 72.9 Å². The van der Waals surface area contributed by atoms with Crippen LogP contribution in [0.1, 0.15) is 160 Å². The largest absolute Gasteiger partial charge is 0.428 e. The second kappa shape index (κ2) is 24.2. The third-order valence-electron chi connectivity index (χ3n) is 9.20. The molecule has 4 aromatic rings. The zero-order valence-electron chi connectivity index (χ0n) is 37.5. The average molecular weight is 904 g/mol. The third-order valence-corrected chi connectivity index (χ3v) is 9.20. The minimum absolute atomic E-state index is 0.00954. The number of hydrogen-bond donors (Lipinski definition) is 6. The van der Waals surface area contributed by atoms with Crippen molar-refractivity contribution in [2.45, 2.75) is 112 Å². The maximum Gasteiger partial charge on any atom is 0.341 e. The van der Waals surface area contributed by atoms with Crippen molar-refractivity contribution in [2.24, 2.45) is 5.92 Å². The highest BCUT2D eigenvalue weighted by atomic mass is 16.7. The number of aromatic nitrogens is 1. The number of amides is 2. The Balaban J connectivity index is 0.000000190. The molecule has 3 aliphatic rings. The minimum atomic E-state index is -1.14. The van der Waals surface area contributed by atoms with Gasteiger partial charge >= 0.3 is 17.9 Å². The summed E-state index contributed by atoms with van der Waals surface area (Å²) in [6.45, 7) is 17.6. The van der Waals surface area contributed by atoms with Crippen molar-refractivity contribution in [3.05, 3.63) is 134 Å². The maximum atomic E-state index is 11.6. The van der Waals surface area contributed by atoms with Crippen LogP contribution in [0.4, 0.5) is 0 Å². The van der Waals surface area contributed by atoms with Gasteiger partial charge in [-0.2, -0.15) is 0 Å². The summed E-state index contributed by atoms with van der Waals surface area (Å²) in [5.74, 6) is -2.18. The fourth-order valence-electron chi connectivity index (χ4n) is 5.88. The van der Waals surface area contributed by atoms with Crippen molar-refractivity contribution in [1.29, 1.82) is 0 Å². The summed E-state index contributed by atoms with van der Waals surface area (Å²) in [5.41, 5.74) is 7.21. The number of carbonyl (C=O) groups excluding carboxylic acids is 5. The zero-order valence-corrected chi connectivity index (χ0v) is 37.5. The van der Waals surface area contributed by atoms with Crippen LogP contribution in [0.5, 0.6) is 0 Å². The molecule has 7 rings (SSSR count). The first-order valence-electron chi connectivity index (χ1n) is 20.9. The number of hydroxylamine groups is 1. The maximum absolute atomic E-state index is 11.6. The van der Waals surface area contributed by atoms with E-state index in [0.717, 1.165) is 16.7 Å². The first kappa shape index (κ1) is 51.5. The van der Waals surface area contributed by atoms with Crippen molar-refractivity contribution in [1.82, 2.24) is 15.8 Å². The Kier molecular flexibility index (Phi) is 19.2. The molecule has 0 spiro atoms. The standard InChI is InChI=1S/3C12H14O4.C11H15N3O3/c3*1-7(2)15-6-8-3-4-9-10(5-8)12(14)16-11(9)13;1-7(2)6-12-10(15)8-4-3-5-9(13-8)11(16)14-17/h2*3-5,7,12,14H,6H2,1-2H3;3-5,7,11,13H,6H2,1-2H3;3-5,7,17H,6H2,1-2H3,(H,12,15)(H,14,16).